The van der Waals surface area contributed by atoms with Crippen LogP contribution >= 0.6 is 39.0 Å². The number of aliphatic hydroxyl groups excluding tert-OH is 1. The summed E-state index contributed by atoms with van der Waals surface area (Å²) in [5.41, 5.74) is 1.46. The van der Waals surface area contributed by atoms with Crippen LogP contribution in [0.3, 0.4) is 0 Å². The average Bonchev–Trinajstić information content (AvgIpc) is 3.46. The molecule has 0 radical (unpaired) electrons. The third-order valence-electron chi connectivity index (χ3n) is 6.17. The first kappa shape index (κ1) is 31.3. The fourth-order valence-electron chi connectivity index (χ4n) is 4.41. The zero-order valence-corrected chi connectivity index (χ0v) is 24.8. The summed E-state index contributed by atoms with van der Waals surface area (Å²) in [5, 5.41) is 12.7. The molecule has 2 aromatic rings. The molecule has 2 aliphatic heterocycles. The molecule has 0 aliphatic carbocycles. The minimum absolute atomic E-state index is 0.116. The molecule has 2 unspecified atom stereocenters. The van der Waals surface area contributed by atoms with Gasteiger partial charge in [-0.05, 0) is 43.3 Å². The summed E-state index contributed by atoms with van der Waals surface area (Å²) < 4.78 is 34.8. The van der Waals surface area contributed by atoms with E-state index < -0.39 is 24.0 Å². The summed E-state index contributed by atoms with van der Waals surface area (Å²) in [6.45, 7) is 3.03. The van der Waals surface area contributed by atoms with E-state index in [0.717, 1.165) is 13.4 Å². The summed E-state index contributed by atoms with van der Waals surface area (Å²) >= 11 is 6.27. The number of carbonyl (C=O) groups excluding carboxylic acids is 2. The van der Waals surface area contributed by atoms with Crippen molar-refractivity contribution in [3.8, 4) is 0 Å². The lowest BCUT2D eigenvalue weighted by Crippen LogP contribution is -2.46. The molecular formula is C26H31BrF2N4O4S2. The van der Waals surface area contributed by atoms with Gasteiger partial charge in [-0.2, -0.15) is 11.8 Å². The number of nitrogens with one attached hydrogen (secondary N) is 1. The van der Waals surface area contributed by atoms with E-state index in [4.69, 9.17) is 14.8 Å². The summed E-state index contributed by atoms with van der Waals surface area (Å²) in [4.78, 5) is 35.0. The summed E-state index contributed by atoms with van der Waals surface area (Å²) in [6, 6.07) is 3.47. The number of hydrogen-bond donors (Lipinski definition) is 2. The molecule has 39 heavy (non-hydrogen) atoms. The first-order valence-corrected chi connectivity index (χ1v) is 15.2. The monoisotopic (exact) mass is 644 g/mol. The van der Waals surface area contributed by atoms with Crippen LogP contribution in [-0.2, 0) is 14.3 Å². The predicted molar refractivity (Wildman–Crippen MR) is 153 cm³/mol. The molecule has 0 amide bonds. The van der Waals surface area contributed by atoms with E-state index in [1.165, 1.54) is 35.2 Å². The smallest absolute Gasteiger partial charge is 0.338 e. The average molecular weight is 646 g/mol. The number of amidine groups is 1. The second kappa shape index (κ2) is 15.6. The highest BCUT2D eigenvalue weighted by molar-refractivity contribution is 9.10. The Morgan fingerprint density at radius 2 is 2.21 bits per heavy atom. The molecule has 4 rings (SSSR count). The number of likely N-dealkylation sites (tertiary alicyclic amines) is 1. The van der Waals surface area contributed by atoms with Gasteiger partial charge in [0.15, 0.2) is 10.8 Å². The Morgan fingerprint density at radius 3 is 2.85 bits per heavy atom. The van der Waals surface area contributed by atoms with Crippen molar-refractivity contribution in [2.75, 3.05) is 44.9 Å². The first-order valence-electron chi connectivity index (χ1n) is 12.3. The second-order valence-electron chi connectivity index (χ2n) is 8.63. The third-order valence-corrected chi connectivity index (χ3v) is 8.68. The Morgan fingerprint density at radius 1 is 1.41 bits per heavy atom. The van der Waals surface area contributed by atoms with Crippen molar-refractivity contribution in [3.05, 3.63) is 61.9 Å². The van der Waals surface area contributed by atoms with Crippen LogP contribution in [0.25, 0.3) is 0 Å². The van der Waals surface area contributed by atoms with Crippen molar-refractivity contribution in [3.63, 3.8) is 0 Å². The number of hydrogen-bond acceptors (Lipinski definition) is 10. The zero-order chi connectivity index (χ0) is 28.4. The number of rotatable bonds is 10. The molecule has 212 valence electrons. The molecule has 8 nitrogen and oxygen atoms in total. The third kappa shape index (κ3) is 8.16. The van der Waals surface area contributed by atoms with Crippen LogP contribution in [-0.4, -0.2) is 84.1 Å². The zero-order valence-electron chi connectivity index (χ0n) is 21.6. The summed E-state index contributed by atoms with van der Waals surface area (Å²) in [7, 11) is 1.00. The number of benzene rings is 1. The van der Waals surface area contributed by atoms with E-state index in [9.17, 15) is 14.0 Å². The van der Waals surface area contributed by atoms with E-state index in [0.29, 0.717) is 56.6 Å². The van der Waals surface area contributed by atoms with Crippen molar-refractivity contribution in [2.45, 2.75) is 25.6 Å². The van der Waals surface area contributed by atoms with Gasteiger partial charge >= 0.3 is 5.97 Å². The fourth-order valence-corrected chi connectivity index (χ4v) is 6.47. The quantitative estimate of drug-likeness (QED) is 0.226. The maximum atomic E-state index is 15.0. The SMILES string of the molecule is CCOC(=O)C1=C(CN2CCC(CSCC=O)C(F)C2)NC(c2nccs2)=N[C@H]1c1ccc(F)cc1Br.CO. The van der Waals surface area contributed by atoms with Gasteiger partial charge in [-0.3, -0.25) is 9.89 Å². The van der Waals surface area contributed by atoms with Gasteiger partial charge in [-0.15, -0.1) is 11.3 Å². The van der Waals surface area contributed by atoms with Crippen LogP contribution in [0.2, 0.25) is 0 Å². The minimum atomic E-state index is -1.04. The molecule has 13 heteroatoms. The molecule has 0 saturated carbocycles. The number of aliphatic imine (C=N–C) groups is 1. The van der Waals surface area contributed by atoms with Gasteiger partial charge in [0.05, 0.1) is 12.2 Å². The Balaban J connectivity index is 0.00000205. The second-order valence-corrected chi connectivity index (χ2v) is 11.4. The topological polar surface area (TPSA) is 104 Å². The molecular weight excluding hydrogens is 614 g/mol. The van der Waals surface area contributed by atoms with Gasteiger partial charge in [-0.25, -0.2) is 18.6 Å². The lowest BCUT2D eigenvalue weighted by Gasteiger charge is -2.36. The molecule has 1 aromatic heterocycles. The van der Waals surface area contributed by atoms with E-state index >= 15 is 4.39 Å². The highest BCUT2D eigenvalue weighted by atomic mass is 79.9. The van der Waals surface area contributed by atoms with E-state index in [1.54, 1.807) is 19.2 Å². The number of thiazole rings is 1. The normalized spacial score (nSPS) is 21.4. The summed E-state index contributed by atoms with van der Waals surface area (Å²) in [5.74, 6) is 0.380. The standard InChI is InChI=1S/C25H27BrF2N4O3S2.CH4O/c1-2-35-25(34)21-20(13-32-7-5-15(19(28)12-32)14-36-10-8-33)30-23(24-29-6-9-37-24)31-22(21)17-4-3-16(27)11-18(17)26;1-2/h3-4,6,8-9,11,15,19,22H,2,5,7,10,12-14H2,1H3,(H,30,31);2H,1H3/t15?,19?,22-;/m0./s1. The number of ether oxygens (including phenoxy) is 1. The number of aromatic nitrogens is 1. The number of nitrogens with zero attached hydrogens (tertiary/aromatic N) is 3. The fraction of sp³-hybridized carbons (Fsp3) is 0.462. The molecule has 2 N–H and O–H groups in total. The largest absolute Gasteiger partial charge is 0.463 e. The molecule has 0 bridgehead atoms. The van der Waals surface area contributed by atoms with Gasteiger partial charge in [0.25, 0.3) is 0 Å². The Kier molecular flexibility index (Phi) is 12.5. The van der Waals surface area contributed by atoms with Crippen molar-refractivity contribution < 1.29 is 28.2 Å². The number of piperidine rings is 1. The van der Waals surface area contributed by atoms with Gasteiger partial charge < -0.3 is 20.0 Å². The molecule has 3 atom stereocenters. The molecule has 2 aliphatic rings. The van der Waals surface area contributed by atoms with Gasteiger partial charge in [0, 0.05) is 53.6 Å². The van der Waals surface area contributed by atoms with Gasteiger partial charge in [0.1, 0.15) is 24.3 Å². The highest BCUT2D eigenvalue weighted by Gasteiger charge is 2.36. The lowest BCUT2D eigenvalue weighted by atomic mass is 9.94. The molecule has 1 aromatic carbocycles. The van der Waals surface area contributed by atoms with E-state index in [2.05, 4.69) is 26.2 Å². The van der Waals surface area contributed by atoms with Crippen molar-refractivity contribution >= 4 is 57.1 Å². The summed E-state index contributed by atoms with van der Waals surface area (Å²) in [6.07, 6.45) is 2.11. The molecule has 3 heterocycles. The van der Waals surface area contributed by atoms with Gasteiger partial charge in [-0.1, -0.05) is 22.0 Å². The van der Waals surface area contributed by atoms with Crippen LogP contribution in [0.1, 0.15) is 30.0 Å². The lowest BCUT2D eigenvalue weighted by molar-refractivity contribution is -0.139. The van der Waals surface area contributed by atoms with Crippen molar-refractivity contribution in [1.29, 1.82) is 0 Å². The van der Waals surface area contributed by atoms with Crippen LogP contribution in [0.4, 0.5) is 8.78 Å². The maximum Gasteiger partial charge on any atom is 0.338 e. The number of alkyl halides is 1. The molecule has 1 fully saturated rings. The predicted octanol–water partition coefficient (Wildman–Crippen LogP) is 4.15. The number of thioether (sulfide) groups is 1. The van der Waals surface area contributed by atoms with Crippen molar-refractivity contribution in [1.82, 2.24) is 15.2 Å². The Labute approximate surface area is 243 Å². The number of esters is 1. The number of carbonyl (C=O) groups is 2. The Hall–Kier alpha value is -2.19. The van der Waals surface area contributed by atoms with Crippen molar-refractivity contribution in [2.24, 2.45) is 10.9 Å². The molecule has 0 spiro atoms. The Bertz CT molecular complexity index is 1180. The van der Waals surface area contributed by atoms with Crippen LogP contribution in [0.5, 0.6) is 0 Å². The van der Waals surface area contributed by atoms with Gasteiger partial charge in [0.2, 0.25) is 0 Å². The minimum Gasteiger partial charge on any atom is -0.463 e. The molecule has 1 saturated heterocycles. The maximum absolute atomic E-state index is 15.0. The number of halogens is 3. The van der Waals surface area contributed by atoms with Crippen LogP contribution in [0, 0.1) is 11.7 Å². The van der Waals surface area contributed by atoms with Crippen LogP contribution < -0.4 is 5.32 Å². The number of aliphatic hydroxyl groups is 1. The highest BCUT2D eigenvalue weighted by Crippen LogP contribution is 2.37. The first-order chi connectivity index (χ1) is 18.9. The number of aldehydes is 1. The van der Waals surface area contributed by atoms with E-state index in [1.807, 2.05) is 10.3 Å². The van der Waals surface area contributed by atoms with Crippen LogP contribution in [0.15, 0.2) is 50.5 Å². The van der Waals surface area contributed by atoms with E-state index in [-0.39, 0.29) is 25.6 Å².